The molecule has 0 spiro atoms. The summed E-state index contributed by atoms with van der Waals surface area (Å²) in [7, 11) is 0. The van der Waals surface area contributed by atoms with E-state index < -0.39 is 30.1 Å². The van der Waals surface area contributed by atoms with Gasteiger partial charge in [0.1, 0.15) is 12.1 Å². The Labute approximate surface area is 130 Å². The van der Waals surface area contributed by atoms with Crippen LogP contribution in [0.15, 0.2) is 30.3 Å². The average Bonchev–Trinajstić information content (AvgIpc) is 2.51. The highest BCUT2D eigenvalue weighted by Gasteiger charge is 2.30. The van der Waals surface area contributed by atoms with E-state index >= 15 is 0 Å². The fourth-order valence-corrected chi connectivity index (χ4v) is 2.11. The van der Waals surface area contributed by atoms with Crippen molar-refractivity contribution >= 4 is 11.9 Å². The minimum Gasteiger partial charge on any atom is -0.480 e. The second kappa shape index (κ2) is 8.51. The Morgan fingerprint density at radius 1 is 1.27 bits per heavy atom. The summed E-state index contributed by atoms with van der Waals surface area (Å²) in [5.74, 6) is -2.11. The van der Waals surface area contributed by atoms with Gasteiger partial charge in [0.05, 0.1) is 0 Å². The molecule has 4 atom stereocenters. The molecule has 0 radical (unpaired) electrons. The molecule has 5 N–H and O–H groups in total. The standard InChI is InChI=1S/C16H24N2O4/c1-3-10(2)13(16(21)22)18-15(20)14(19)12(17)9-11-7-5-4-6-8-11/h4-8,10,12-14,19H,3,9,17H2,1-2H3,(H,18,20)(H,21,22)/t10-,12+,13-,14-/m0/s1. The van der Waals surface area contributed by atoms with Gasteiger partial charge in [-0.2, -0.15) is 0 Å². The molecule has 6 nitrogen and oxygen atoms in total. The van der Waals surface area contributed by atoms with Crippen molar-refractivity contribution in [2.24, 2.45) is 11.7 Å². The molecule has 22 heavy (non-hydrogen) atoms. The van der Waals surface area contributed by atoms with Crippen molar-refractivity contribution in [3.05, 3.63) is 35.9 Å². The van der Waals surface area contributed by atoms with E-state index in [0.29, 0.717) is 12.8 Å². The van der Waals surface area contributed by atoms with E-state index in [9.17, 15) is 14.7 Å². The summed E-state index contributed by atoms with van der Waals surface area (Å²) in [6.45, 7) is 3.57. The molecule has 1 aromatic rings. The zero-order chi connectivity index (χ0) is 16.7. The van der Waals surface area contributed by atoms with Gasteiger partial charge in [-0.05, 0) is 17.9 Å². The summed E-state index contributed by atoms with van der Waals surface area (Å²) in [5.41, 5.74) is 6.75. The lowest BCUT2D eigenvalue weighted by molar-refractivity contribution is -0.145. The molecule has 0 heterocycles. The van der Waals surface area contributed by atoms with Gasteiger partial charge in [0, 0.05) is 6.04 Å². The van der Waals surface area contributed by atoms with Gasteiger partial charge in [0.25, 0.3) is 5.91 Å². The predicted molar refractivity (Wildman–Crippen MR) is 83.1 cm³/mol. The summed E-state index contributed by atoms with van der Waals surface area (Å²) < 4.78 is 0. The number of nitrogens with two attached hydrogens (primary N) is 1. The molecule has 0 unspecified atom stereocenters. The summed E-state index contributed by atoms with van der Waals surface area (Å²) in [6, 6.07) is 7.43. The van der Waals surface area contributed by atoms with Gasteiger partial charge >= 0.3 is 5.97 Å². The lowest BCUT2D eigenvalue weighted by Crippen LogP contribution is -2.53. The van der Waals surface area contributed by atoms with Gasteiger partial charge in [-0.1, -0.05) is 50.6 Å². The predicted octanol–water partition coefficient (Wildman–Crippen LogP) is 0.533. The third-order valence-corrected chi connectivity index (χ3v) is 3.77. The van der Waals surface area contributed by atoms with E-state index in [4.69, 9.17) is 10.8 Å². The van der Waals surface area contributed by atoms with Crippen LogP contribution in [0.2, 0.25) is 0 Å². The zero-order valence-corrected chi connectivity index (χ0v) is 12.9. The van der Waals surface area contributed by atoms with Crippen molar-refractivity contribution in [2.75, 3.05) is 0 Å². The molecule has 0 aliphatic carbocycles. The fourth-order valence-electron chi connectivity index (χ4n) is 2.11. The van der Waals surface area contributed by atoms with Gasteiger partial charge in [-0.3, -0.25) is 4.79 Å². The third kappa shape index (κ3) is 5.13. The number of carboxylic acids is 1. The summed E-state index contributed by atoms with van der Waals surface area (Å²) in [6.07, 6.45) is -0.522. The number of amides is 1. The molecule has 0 saturated carbocycles. The summed E-state index contributed by atoms with van der Waals surface area (Å²) >= 11 is 0. The normalized spacial score (nSPS) is 16.4. The van der Waals surface area contributed by atoms with Crippen LogP contribution in [0.1, 0.15) is 25.8 Å². The minimum atomic E-state index is -1.45. The van der Waals surface area contributed by atoms with Gasteiger partial charge in [0.2, 0.25) is 0 Å². The molecule has 0 fully saturated rings. The van der Waals surface area contributed by atoms with Crippen molar-refractivity contribution in [1.29, 1.82) is 0 Å². The number of benzene rings is 1. The second-order valence-electron chi connectivity index (χ2n) is 5.51. The molecule has 1 aromatic carbocycles. The molecule has 1 amide bonds. The lowest BCUT2D eigenvalue weighted by Gasteiger charge is -2.24. The Kier molecular flexibility index (Phi) is 7.01. The number of carbonyl (C=O) groups excluding carboxylic acids is 1. The number of carboxylic acid groups (broad SMARTS) is 1. The van der Waals surface area contributed by atoms with E-state index in [-0.39, 0.29) is 5.92 Å². The number of aliphatic hydroxyl groups is 1. The Bertz CT molecular complexity index is 492. The molecular formula is C16H24N2O4. The second-order valence-corrected chi connectivity index (χ2v) is 5.51. The molecule has 1 rings (SSSR count). The highest BCUT2D eigenvalue weighted by Crippen LogP contribution is 2.09. The molecule has 0 bridgehead atoms. The SMILES string of the molecule is CC[C@H](C)[C@H](NC(=O)[C@@H](O)[C@H](N)Cc1ccccc1)C(=O)O. The van der Waals surface area contributed by atoms with Crippen LogP contribution in [0.4, 0.5) is 0 Å². The average molecular weight is 308 g/mol. The van der Waals surface area contributed by atoms with E-state index in [1.165, 1.54) is 0 Å². The Hall–Kier alpha value is -1.92. The van der Waals surface area contributed by atoms with Crippen molar-refractivity contribution in [3.8, 4) is 0 Å². The minimum absolute atomic E-state index is 0.237. The van der Waals surface area contributed by atoms with Crippen molar-refractivity contribution < 1.29 is 19.8 Å². The molecule has 0 saturated heterocycles. The first kappa shape index (κ1) is 18.1. The highest BCUT2D eigenvalue weighted by atomic mass is 16.4. The first-order valence-electron chi connectivity index (χ1n) is 7.37. The van der Waals surface area contributed by atoms with E-state index in [0.717, 1.165) is 5.56 Å². The number of nitrogens with one attached hydrogen (secondary N) is 1. The number of aliphatic hydroxyl groups excluding tert-OH is 1. The highest BCUT2D eigenvalue weighted by molar-refractivity contribution is 5.86. The number of hydrogen-bond acceptors (Lipinski definition) is 4. The summed E-state index contributed by atoms with van der Waals surface area (Å²) in [4.78, 5) is 23.2. The first-order valence-corrected chi connectivity index (χ1v) is 7.37. The maximum atomic E-state index is 12.0. The quantitative estimate of drug-likeness (QED) is 0.559. The van der Waals surface area contributed by atoms with Crippen molar-refractivity contribution in [1.82, 2.24) is 5.32 Å². The molecule has 0 aromatic heterocycles. The van der Waals surface area contributed by atoms with Crippen LogP contribution in [0.3, 0.4) is 0 Å². The van der Waals surface area contributed by atoms with Crippen molar-refractivity contribution in [2.45, 2.75) is 44.9 Å². The first-order chi connectivity index (χ1) is 10.4. The van der Waals surface area contributed by atoms with Gasteiger partial charge in [-0.25, -0.2) is 4.79 Å². The number of hydrogen-bond donors (Lipinski definition) is 4. The van der Waals surface area contributed by atoms with E-state index in [1.54, 1.807) is 6.92 Å². The number of carbonyl (C=O) groups is 2. The van der Waals surface area contributed by atoms with Crippen molar-refractivity contribution in [3.63, 3.8) is 0 Å². The maximum absolute atomic E-state index is 12.0. The Balaban J connectivity index is 2.65. The fraction of sp³-hybridized carbons (Fsp3) is 0.500. The molecule has 6 heteroatoms. The molecule has 0 aliphatic heterocycles. The number of rotatable bonds is 8. The third-order valence-electron chi connectivity index (χ3n) is 3.77. The molecular weight excluding hydrogens is 284 g/mol. The Morgan fingerprint density at radius 2 is 1.86 bits per heavy atom. The van der Waals surface area contributed by atoms with Crippen LogP contribution >= 0.6 is 0 Å². The number of aliphatic carboxylic acids is 1. The van der Waals surface area contributed by atoms with Gasteiger partial charge in [-0.15, -0.1) is 0 Å². The smallest absolute Gasteiger partial charge is 0.326 e. The Morgan fingerprint density at radius 3 is 2.36 bits per heavy atom. The largest absolute Gasteiger partial charge is 0.480 e. The van der Waals surface area contributed by atoms with Crippen LogP contribution < -0.4 is 11.1 Å². The van der Waals surface area contributed by atoms with Crippen LogP contribution in [0, 0.1) is 5.92 Å². The van der Waals surface area contributed by atoms with Gasteiger partial charge in [0.15, 0.2) is 0 Å². The maximum Gasteiger partial charge on any atom is 0.326 e. The van der Waals surface area contributed by atoms with Crippen LogP contribution in [-0.2, 0) is 16.0 Å². The lowest BCUT2D eigenvalue weighted by atomic mass is 9.97. The molecule has 122 valence electrons. The van der Waals surface area contributed by atoms with E-state index in [2.05, 4.69) is 5.32 Å². The van der Waals surface area contributed by atoms with Gasteiger partial charge < -0.3 is 21.3 Å². The zero-order valence-electron chi connectivity index (χ0n) is 12.9. The van der Waals surface area contributed by atoms with Crippen LogP contribution in [-0.4, -0.2) is 40.3 Å². The summed E-state index contributed by atoms with van der Waals surface area (Å²) in [5, 5.41) is 21.5. The molecule has 0 aliphatic rings. The monoisotopic (exact) mass is 308 g/mol. The van der Waals surface area contributed by atoms with Crippen LogP contribution in [0.25, 0.3) is 0 Å². The van der Waals surface area contributed by atoms with Crippen LogP contribution in [0.5, 0.6) is 0 Å². The van der Waals surface area contributed by atoms with E-state index in [1.807, 2.05) is 37.3 Å². The topological polar surface area (TPSA) is 113 Å².